The molecule has 6 rings (SSSR count). The second-order valence-corrected chi connectivity index (χ2v) is 10.8. The van der Waals surface area contributed by atoms with Gasteiger partial charge in [-0.15, -0.1) is 0 Å². The Balaban J connectivity index is 1.26. The zero-order valence-corrected chi connectivity index (χ0v) is 23.5. The molecule has 0 bridgehead atoms. The third-order valence-corrected chi connectivity index (χ3v) is 7.87. The second-order valence-electron chi connectivity index (χ2n) is 10.8. The molecule has 5 aromatic rings. The molecule has 1 aliphatic rings. The van der Waals surface area contributed by atoms with E-state index in [0.717, 1.165) is 62.1 Å². The number of carbonyl (C=O) groups excluding carboxylic acids is 1. The van der Waals surface area contributed by atoms with E-state index in [2.05, 4.69) is 16.8 Å². The lowest BCUT2D eigenvalue weighted by molar-refractivity contribution is 0.101. The van der Waals surface area contributed by atoms with Crippen LogP contribution in [0.15, 0.2) is 86.4 Å². The van der Waals surface area contributed by atoms with Crippen LogP contribution in [-0.4, -0.2) is 62.0 Å². The van der Waals surface area contributed by atoms with Gasteiger partial charge in [0, 0.05) is 48.8 Å². The number of nitrogens with zero attached hydrogens (tertiary/aromatic N) is 2. The van der Waals surface area contributed by atoms with Crippen molar-refractivity contribution in [3.8, 4) is 16.9 Å². The number of rotatable bonds is 9. The first kappa shape index (κ1) is 27.0. The van der Waals surface area contributed by atoms with Crippen molar-refractivity contribution in [1.29, 1.82) is 0 Å². The van der Waals surface area contributed by atoms with Gasteiger partial charge < -0.3 is 23.4 Å². The maximum Gasteiger partial charge on any atom is 0.336 e. The first-order chi connectivity index (χ1) is 20.0. The van der Waals surface area contributed by atoms with E-state index >= 15 is 0 Å². The molecule has 41 heavy (non-hydrogen) atoms. The number of likely N-dealkylation sites (N-methyl/N-ethyl adjacent to an activating group) is 1. The summed E-state index contributed by atoms with van der Waals surface area (Å²) in [6, 6.07) is 22.0. The summed E-state index contributed by atoms with van der Waals surface area (Å²) >= 11 is 0. The Bertz CT molecular complexity index is 1750. The highest BCUT2D eigenvalue weighted by atomic mass is 16.5. The van der Waals surface area contributed by atoms with Gasteiger partial charge in [0.15, 0.2) is 5.76 Å². The fourth-order valence-corrected chi connectivity index (χ4v) is 5.56. The molecule has 2 aromatic heterocycles. The molecule has 210 valence electrons. The van der Waals surface area contributed by atoms with Gasteiger partial charge in [0.1, 0.15) is 16.9 Å². The van der Waals surface area contributed by atoms with Crippen LogP contribution in [0.3, 0.4) is 0 Å². The minimum Gasteiger partial charge on any atom is -0.494 e. The number of aryl methyl sites for hydroxylation is 1. The standard InChI is InChI=1S/C34H34N2O5/c1-23-21-29(37)41-33-27(23)13-14-28-31(33)30(24-9-4-3-5-10-24)34(40-28)32(38)25-11-8-12-26(22-25)39-20-7-6-15-36-18-16-35(2)17-19-36/h3-5,8-14,21-22H,6-7,15-20H2,1-2H3. The number of hydrogen-bond acceptors (Lipinski definition) is 7. The molecule has 0 unspecified atom stereocenters. The lowest BCUT2D eigenvalue weighted by Gasteiger charge is -2.32. The molecule has 0 radical (unpaired) electrons. The molecule has 7 heteroatoms. The molecular formula is C34H34N2O5. The molecule has 7 nitrogen and oxygen atoms in total. The predicted molar refractivity (Wildman–Crippen MR) is 161 cm³/mol. The fraction of sp³-hybridized carbons (Fsp3) is 0.294. The molecule has 1 aliphatic heterocycles. The summed E-state index contributed by atoms with van der Waals surface area (Å²) in [4.78, 5) is 31.2. The van der Waals surface area contributed by atoms with Crippen molar-refractivity contribution in [3.63, 3.8) is 0 Å². The van der Waals surface area contributed by atoms with Gasteiger partial charge in [0.05, 0.1) is 12.0 Å². The number of benzene rings is 3. The second kappa shape index (κ2) is 11.7. The van der Waals surface area contributed by atoms with E-state index in [1.54, 1.807) is 12.1 Å². The Kier molecular flexibility index (Phi) is 7.72. The smallest absolute Gasteiger partial charge is 0.336 e. The van der Waals surface area contributed by atoms with Crippen molar-refractivity contribution in [3.05, 3.63) is 100 Å². The maximum atomic E-state index is 14.0. The zero-order valence-electron chi connectivity index (χ0n) is 23.5. The Labute approximate surface area is 238 Å². The summed E-state index contributed by atoms with van der Waals surface area (Å²) in [7, 11) is 2.17. The van der Waals surface area contributed by atoms with Gasteiger partial charge in [-0.1, -0.05) is 42.5 Å². The van der Waals surface area contributed by atoms with Crippen molar-refractivity contribution >= 4 is 27.7 Å². The minimum absolute atomic E-state index is 0.201. The van der Waals surface area contributed by atoms with E-state index in [9.17, 15) is 9.59 Å². The van der Waals surface area contributed by atoms with Gasteiger partial charge in [0.25, 0.3) is 0 Å². The Morgan fingerprint density at radius 2 is 1.71 bits per heavy atom. The summed E-state index contributed by atoms with van der Waals surface area (Å²) < 4.78 is 17.9. The van der Waals surface area contributed by atoms with Crippen molar-refractivity contribution in [2.24, 2.45) is 0 Å². The lowest BCUT2D eigenvalue weighted by Crippen LogP contribution is -2.44. The number of unbranched alkanes of at least 4 members (excludes halogenated alkanes) is 1. The fourth-order valence-electron chi connectivity index (χ4n) is 5.56. The van der Waals surface area contributed by atoms with Crippen LogP contribution in [0.1, 0.15) is 34.5 Å². The molecule has 3 aromatic carbocycles. The van der Waals surface area contributed by atoms with Crippen LogP contribution >= 0.6 is 0 Å². The van der Waals surface area contributed by atoms with E-state index < -0.39 is 5.63 Å². The first-order valence-corrected chi connectivity index (χ1v) is 14.2. The molecular weight excluding hydrogens is 516 g/mol. The molecule has 0 saturated carbocycles. The van der Waals surface area contributed by atoms with Crippen molar-refractivity contribution in [2.45, 2.75) is 19.8 Å². The Morgan fingerprint density at radius 1 is 0.902 bits per heavy atom. The van der Waals surface area contributed by atoms with Gasteiger partial charge in [-0.05, 0) is 68.8 Å². The van der Waals surface area contributed by atoms with E-state index in [0.29, 0.717) is 40.0 Å². The molecule has 0 atom stereocenters. The van der Waals surface area contributed by atoms with Gasteiger partial charge in [-0.3, -0.25) is 4.79 Å². The molecule has 3 heterocycles. The average molecular weight is 551 g/mol. The number of carbonyl (C=O) groups is 1. The lowest BCUT2D eigenvalue weighted by atomic mass is 9.96. The maximum absolute atomic E-state index is 14.0. The largest absolute Gasteiger partial charge is 0.494 e. The van der Waals surface area contributed by atoms with Gasteiger partial charge in [0.2, 0.25) is 5.78 Å². The van der Waals surface area contributed by atoms with E-state index in [1.165, 1.54) is 6.07 Å². The highest BCUT2D eigenvalue weighted by Gasteiger charge is 2.26. The number of hydrogen-bond donors (Lipinski definition) is 0. The predicted octanol–water partition coefficient (Wildman–Crippen LogP) is 6.15. The number of fused-ring (bicyclic) bond motifs is 3. The summed E-state index contributed by atoms with van der Waals surface area (Å²) in [6.45, 7) is 8.04. The van der Waals surface area contributed by atoms with Crippen molar-refractivity contribution < 1.29 is 18.4 Å². The van der Waals surface area contributed by atoms with Crippen LogP contribution in [0.25, 0.3) is 33.1 Å². The normalized spacial score (nSPS) is 14.6. The van der Waals surface area contributed by atoms with Crippen LogP contribution in [0, 0.1) is 6.92 Å². The van der Waals surface area contributed by atoms with Crippen molar-refractivity contribution in [1.82, 2.24) is 9.80 Å². The Hall–Kier alpha value is -4.20. The van der Waals surface area contributed by atoms with E-state index in [4.69, 9.17) is 13.6 Å². The van der Waals surface area contributed by atoms with Crippen molar-refractivity contribution in [2.75, 3.05) is 46.4 Å². The number of ether oxygens (including phenoxy) is 1. The van der Waals surface area contributed by atoms with Gasteiger partial charge >= 0.3 is 5.63 Å². The summed E-state index contributed by atoms with van der Waals surface area (Å²) in [6.07, 6.45) is 2.02. The molecule has 0 spiro atoms. The van der Waals surface area contributed by atoms with E-state index in [1.807, 2.05) is 61.5 Å². The highest BCUT2D eigenvalue weighted by Crippen LogP contribution is 2.40. The minimum atomic E-state index is -0.441. The van der Waals surface area contributed by atoms with Crippen LogP contribution in [0.5, 0.6) is 5.75 Å². The van der Waals surface area contributed by atoms with Crippen LogP contribution in [0.4, 0.5) is 0 Å². The van der Waals surface area contributed by atoms with E-state index in [-0.39, 0.29) is 11.5 Å². The average Bonchev–Trinajstić information content (AvgIpc) is 3.38. The summed E-state index contributed by atoms with van der Waals surface area (Å²) in [5.41, 5.74) is 3.16. The van der Waals surface area contributed by atoms with Crippen LogP contribution in [-0.2, 0) is 0 Å². The summed E-state index contributed by atoms with van der Waals surface area (Å²) in [5.74, 6) is 0.593. The third-order valence-electron chi connectivity index (χ3n) is 7.87. The number of ketones is 1. The molecule has 0 aliphatic carbocycles. The zero-order chi connectivity index (χ0) is 28.3. The quantitative estimate of drug-likeness (QED) is 0.124. The molecule has 1 saturated heterocycles. The molecule has 1 fully saturated rings. The SMILES string of the molecule is Cc1cc(=O)oc2c1ccc1oc(C(=O)c3cccc(OCCCCN4CCN(C)CC4)c3)c(-c3ccccc3)c12. The van der Waals surface area contributed by atoms with Gasteiger partial charge in [-0.25, -0.2) is 4.79 Å². The topological polar surface area (TPSA) is 76.1 Å². The number of furan rings is 1. The van der Waals surface area contributed by atoms with Crippen LogP contribution < -0.4 is 10.4 Å². The Morgan fingerprint density at radius 3 is 2.51 bits per heavy atom. The summed E-state index contributed by atoms with van der Waals surface area (Å²) in [5, 5.41) is 1.42. The molecule has 0 N–H and O–H groups in total. The van der Waals surface area contributed by atoms with Crippen LogP contribution in [0.2, 0.25) is 0 Å². The van der Waals surface area contributed by atoms with Gasteiger partial charge in [-0.2, -0.15) is 0 Å². The highest BCUT2D eigenvalue weighted by molar-refractivity contribution is 6.20. The first-order valence-electron chi connectivity index (χ1n) is 14.2. The third kappa shape index (κ3) is 5.69. The number of piperazine rings is 1. The molecule has 0 amide bonds. The monoisotopic (exact) mass is 550 g/mol.